The van der Waals surface area contributed by atoms with Gasteiger partial charge in [0.1, 0.15) is 0 Å². The fourth-order valence-electron chi connectivity index (χ4n) is 1.72. The summed E-state index contributed by atoms with van der Waals surface area (Å²) in [4.78, 5) is 28.8. The lowest BCUT2D eigenvalue weighted by molar-refractivity contribution is -0.384. The van der Waals surface area contributed by atoms with Crippen LogP contribution in [-0.2, 0) is 6.42 Å². The number of pyridine rings is 2. The van der Waals surface area contributed by atoms with E-state index in [1.165, 1.54) is 0 Å². The average molecular weight is 288 g/mol. The Labute approximate surface area is 119 Å². The lowest BCUT2D eigenvalue weighted by Crippen LogP contribution is -2.11. The molecule has 21 heavy (non-hydrogen) atoms. The zero-order chi connectivity index (χ0) is 15.2. The molecule has 0 unspecified atom stereocenters. The van der Waals surface area contributed by atoms with E-state index in [0.29, 0.717) is 13.0 Å². The van der Waals surface area contributed by atoms with Gasteiger partial charge in [-0.05, 0) is 30.2 Å². The maximum Gasteiger partial charge on any atom is 0.354 e. The van der Waals surface area contributed by atoms with E-state index in [4.69, 9.17) is 5.11 Å². The predicted molar refractivity (Wildman–Crippen MR) is 74.3 cm³/mol. The molecule has 0 saturated carbocycles. The SMILES string of the molecule is O=C(O)c1ccc([N+](=O)[O-])c(NCCc2ccncc2)n1. The Balaban J connectivity index is 2.12. The second kappa shape index (κ2) is 6.42. The number of hydrogen-bond acceptors (Lipinski definition) is 6. The molecule has 0 aromatic carbocycles. The predicted octanol–water partition coefficient (Wildman–Crippen LogP) is 1.74. The second-order valence-corrected chi connectivity index (χ2v) is 4.16. The summed E-state index contributed by atoms with van der Waals surface area (Å²) in [6.45, 7) is 0.390. The molecule has 2 N–H and O–H groups in total. The summed E-state index contributed by atoms with van der Waals surface area (Å²) in [5.74, 6) is -1.28. The maximum absolute atomic E-state index is 10.9. The van der Waals surface area contributed by atoms with Crippen LogP contribution in [-0.4, -0.2) is 32.5 Å². The molecule has 2 rings (SSSR count). The summed E-state index contributed by atoms with van der Waals surface area (Å²) in [6, 6.07) is 5.90. The first-order chi connectivity index (χ1) is 10.1. The Morgan fingerprint density at radius 1 is 1.29 bits per heavy atom. The van der Waals surface area contributed by atoms with E-state index < -0.39 is 10.9 Å². The van der Waals surface area contributed by atoms with Crippen molar-refractivity contribution < 1.29 is 14.8 Å². The lowest BCUT2D eigenvalue weighted by Gasteiger charge is -2.07. The third-order valence-electron chi connectivity index (χ3n) is 2.75. The van der Waals surface area contributed by atoms with E-state index in [9.17, 15) is 14.9 Å². The van der Waals surface area contributed by atoms with Gasteiger partial charge in [0, 0.05) is 25.0 Å². The number of carbonyl (C=O) groups is 1. The van der Waals surface area contributed by atoms with Crippen LogP contribution in [0, 0.1) is 10.1 Å². The van der Waals surface area contributed by atoms with Gasteiger partial charge >= 0.3 is 11.7 Å². The number of aromatic carboxylic acids is 1. The molecule has 108 valence electrons. The summed E-state index contributed by atoms with van der Waals surface area (Å²) in [7, 11) is 0. The molecule has 0 spiro atoms. The number of nitrogens with zero attached hydrogens (tertiary/aromatic N) is 3. The van der Waals surface area contributed by atoms with Crippen molar-refractivity contribution in [3.05, 3.63) is 58.0 Å². The lowest BCUT2D eigenvalue weighted by atomic mass is 10.2. The third-order valence-corrected chi connectivity index (χ3v) is 2.75. The van der Waals surface area contributed by atoms with Crippen molar-refractivity contribution in [3.8, 4) is 0 Å². The van der Waals surface area contributed by atoms with Crippen molar-refractivity contribution in [3.63, 3.8) is 0 Å². The number of carboxylic acids is 1. The molecule has 2 aromatic heterocycles. The molecule has 0 aliphatic rings. The molecule has 0 amide bonds. The minimum absolute atomic E-state index is 0.0473. The van der Waals surface area contributed by atoms with Crippen LogP contribution in [0.25, 0.3) is 0 Å². The highest BCUT2D eigenvalue weighted by atomic mass is 16.6. The van der Waals surface area contributed by atoms with Crippen LogP contribution in [0.4, 0.5) is 11.5 Å². The minimum Gasteiger partial charge on any atom is -0.477 e. The highest BCUT2D eigenvalue weighted by Crippen LogP contribution is 2.22. The van der Waals surface area contributed by atoms with Gasteiger partial charge in [-0.3, -0.25) is 15.1 Å². The van der Waals surface area contributed by atoms with Crippen molar-refractivity contribution in [2.24, 2.45) is 0 Å². The van der Waals surface area contributed by atoms with Gasteiger partial charge in [0.25, 0.3) is 0 Å². The topological polar surface area (TPSA) is 118 Å². The number of rotatable bonds is 6. The molecular weight excluding hydrogens is 276 g/mol. The van der Waals surface area contributed by atoms with E-state index in [1.807, 2.05) is 12.1 Å². The van der Waals surface area contributed by atoms with Gasteiger partial charge in [0.2, 0.25) is 5.82 Å². The molecule has 0 aliphatic carbocycles. The van der Waals surface area contributed by atoms with Crippen molar-refractivity contribution in [1.29, 1.82) is 0 Å². The van der Waals surface area contributed by atoms with E-state index >= 15 is 0 Å². The van der Waals surface area contributed by atoms with Gasteiger partial charge in [0.05, 0.1) is 4.92 Å². The fraction of sp³-hybridized carbons (Fsp3) is 0.154. The van der Waals surface area contributed by atoms with Crippen molar-refractivity contribution in [2.45, 2.75) is 6.42 Å². The standard InChI is InChI=1S/C13H12N4O4/c18-13(19)10-1-2-11(17(20)21)12(16-10)15-8-5-9-3-6-14-7-4-9/h1-4,6-7H,5,8H2,(H,15,16)(H,18,19). The summed E-state index contributed by atoms with van der Waals surface area (Å²) in [5.41, 5.74) is 0.510. The van der Waals surface area contributed by atoms with Crippen LogP contribution in [0.15, 0.2) is 36.7 Å². The largest absolute Gasteiger partial charge is 0.477 e. The Morgan fingerprint density at radius 3 is 2.62 bits per heavy atom. The molecule has 2 aromatic rings. The average Bonchev–Trinajstić information content (AvgIpc) is 2.48. The first-order valence-electron chi connectivity index (χ1n) is 6.09. The van der Waals surface area contributed by atoms with Crippen LogP contribution < -0.4 is 5.32 Å². The molecule has 0 aliphatic heterocycles. The zero-order valence-electron chi connectivity index (χ0n) is 10.9. The quantitative estimate of drug-likeness (QED) is 0.613. The molecule has 0 radical (unpaired) electrons. The summed E-state index contributed by atoms with van der Waals surface area (Å²) >= 11 is 0. The summed E-state index contributed by atoms with van der Waals surface area (Å²) in [6.07, 6.45) is 3.92. The Morgan fingerprint density at radius 2 is 2.00 bits per heavy atom. The van der Waals surface area contributed by atoms with E-state index in [1.54, 1.807) is 12.4 Å². The maximum atomic E-state index is 10.9. The highest BCUT2D eigenvalue weighted by Gasteiger charge is 2.17. The van der Waals surface area contributed by atoms with Gasteiger partial charge in [-0.25, -0.2) is 9.78 Å². The number of carboxylic acid groups (broad SMARTS) is 1. The first-order valence-corrected chi connectivity index (χ1v) is 6.09. The van der Waals surface area contributed by atoms with Gasteiger partial charge in [-0.2, -0.15) is 0 Å². The number of nitro groups is 1. The minimum atomic E-state index is -1.23. The second-order valence-electron chi connectivity index (χ2n) is 4.16. The van der Waals surface area contributed by atoms with E-state index in [2.05, 4.69) is 15.3 Å². The summed E-state index contributed by atoms with van der Waals surface area (Å²) < 4.78 is 0. The molecule has 8 heteroatoms. The highest BCUT2D eigenvalue weighted by molar-refractivity contribution is 5.86. The zero-order valence-corrected chi connectivity index (χ0v) is 10.9. The number of anilines is 1. The molecular formula is C13H12N4O4. The van der Waals surface area contributed by atoms with Gasteiger partial charge < -0.3 is 10.4 Å². The molecule has 2 heterocycles. The molecule has 8 nitrogen and oxygen atoms in total. The van der Waals surface area contributed by atoms with Crippen molar-refractivity contribution >= 4 is 17.5 Å². The summed E-state index contributed by atoms with van der Waals surface area (Å²) in [5, 5.41) is 22.6. The smallest absolute Gasteiger partial charge is 0.354 e. The monoisotopic (exact) mass is 288 g/mol. The van der Waals surface area contributed by atoms with Crippen LogP contribution >= 0.6 is 0 Å². The number of nitrogens with one attached hydrogen (secondary N) is 1. The molecule has 0 atom stereocenters. The van der Waals surface area contributed by atoms with Crippen molar-refractivity contribution in [2.75, 3.05) is 11.9 Å². The van der Waals surface area contributed by atoms with E-state index in [-0.39, 0.29) is 17.2 Å². The Hall–Kier alpha value is -3.03. The van der Waals surface area contributed by atoms with Crippen LogP contribution in [0.1, 0.15) is 16.1 Å². The van der Waals surface area contributed by atoms with Gasteiger partial charge in [-0.15, -0.1) is 0 Å². The van der Waals surface area contributed by atoms with Crippen LogP contribution in [0.3, 0.4) is 0 Å². The number of hydrogen-bond donors (Lipinski definition) is 2. The van der Waals surface area contributed by atoms with Crippen LogP contribution in [0.2, 0.25) is 0 Å². The normalized spacial score (nSPS) is 10.1. The van der Waals surface area contributed by atoms with Crippen molar-refractivity contribution in [1.82, 2.24) is 9.97 Å². The third kappa shape index (κ3) is 3.72. The van der Waals surface area contributed by atoms with Crippen LogP contribution in [0.5, 0.6) is 0 Å². The Bertz CT molecular complexity index is 660. The first kappa shape index (κ1) is 14.4. The molecule has 0 bridgehead atoms. The van der Waals surface area contributed by atoms with Gasteiger partial charge in [-0.1, -0.05) is 0 Å². The molecule has 0 saturated heterocycles. The van der Waals surface area contributed by atoms with Gasteiger partial charge in [0.15, 0.2) is 5.69 Å². The molecule has 0 fully saturated rings. The Kier molecular flexibility index (Phi) is 4.39. The number of aromatic nitrogens is 2. The fourth-order valence-corrected chi connectivity index (χ4v) is 1.72. The van der Waals surface area contributed by atoms with E-state index in [0.717, 1.165) is 17.7 Å².